The highest BCUT2D eigenvalue weighted by atomic mass is 35.5. The summed E-state index contributed by atoms with van der Waals surface area (Å²) >= 11 is 5.80. The van der Waals surface area contributed by atoms with Crippen molar-refractivity contribution in [3.63, 3.8) is 0 Å². The van der Waals surface area contributed by atoms with Gasteiger partial charge in [0.2, 0.25) is 0 Å². The maximum absolute atomic E-state index is 12.1. The van der Waals surface area contributed by atoms with Crippen LogP contribution in [0.2, 0.25) is 5.02 Å². The number of carboxylic acid groups (broad SMARTS) is 1. The molecule has 1 aromatic rings. The molecule has 108 valence electrons. The molecule has 20 heavy (non-hydrogen) atoms. The zero-order chi connectivity index (χ0) is 15.1. The lowest BCUT2D eigenvalue weighted by molar-refractivity contribution is -0.146. The molecule has 0 bridgehead atoms. The fourth-order valence-corrected chi connectivity index (χ4v) is 3.21. The van der Waals surface area contributed by atoms with E-state index < -0.39 is 27.6 Å². The van der Waals surface area contributed by atoms with Crippen molar-refractivity contribution in [2.24, 2.45) is 5.92 Å². The lowest BCUT2D eigenvalue weighted by Gasteiger charge is -2.36. The quantitative estimate of drug-likeness (QED) is 0.894. The summed E-state index contributed by atoms with van der Waals surface area (Å²) in [6.45, 7) is 0.260. The molecule has 0 unspecified atom stereocenters. The van der Waals surface area contributed by atoms with Crippen LogP contribution in [0, 0.1) is 5.92 Å². The summed E-state index contributed by atoms with van der Waals surface area (Å²) in [5.41, 5.74) is 0.179. The lowest BCUT2D eigenvalue weighted by Crippen LogP contribution is -2.53. The Kier molecular flexibility index (Phi) is 3.75. The van der Waals surface area contributed by atoms with Gasteiger partial charge in [-0.2, -0.15) is 0 Å². The van der Waals surface area contributed by atoms with Crippen LogP contribution in [-0.2, 0) is 14.6 Å². The summed E-state index contributed by atoms with van der Waals surface area (Å²) < 4.78 is 23.1. The van der Waals surface area contributed by atoms with Crippen LogP contribution in [0.15, 0.2) is 23.1 Å². The van der Waals surface area contributed by atoms with E-state index in [-0.39, 0.29) is 28.6 Å². The number of rotatable bonds is 3. The molecule has 0 saturated carbocycles. The number of carboxylic acids is 1. The summed E-state index contributed by atoms with van der Waals surface area (Å²) in [6, 6.07) is 3.99. The smallest absolute Gasteiger partial charge is 0.310 e. The molecule has 1 aliphatic rings. The highest BCUT2D eigenvalue weighted by molar-refractivity contribution is 7.90. The third kappa shape index (κ3) is 2.78. The van der Waals surface area contributed by atoms with Crippen LogP contribution < -0.4 is 0 Å². The Morgan fingerprint density at radius 1 is 1.35 bits per heavy atom. The Balaban J connectivity index is 2.23. The van der Waals surface area contributed by atoms with E-state index in [2.05, 4.69) is 0 Å². The van der Waals surface area contributed by atoms with Crippen molar-refractivity contribution < 1.29 is 23.1 Å². The highest BCUT2D eigenvalue weighted by Gasteiger charge is 2.36. The molecule has 6 nitrogen and oxygen atoms in total. The molecule has 0 spiro atoms. The zero-order valence-electron chi connectivity index (χ0n) is 10.5. The second kappa shape index (κ2) is 5.06. The van der Waals surface area contributed by atoms with Gasteiger partial charge in [0.1, 0.15) is 0 Å². The van der Waals surface area contributed by atoms with Crippen molar-refractivity contribution in [3.05, 3.63) is 28.8 Å². The van der Waals surface area contributed by atoms with Crippen LogP contribution >= 0.6 is 11.6 Å². The first-order chi connectivity index (χ1) is 9.20. The molecule has 0 atom stereocenters. The van der Waals surface area contributed by atoms with Gasteiger partial charge in [0.25, 0.3) is 5.91 Å². The van der Waals surface area contributed by atoms with Gasteiger partial charge in [-0.25, -0.2) is 8.42 Å². The number of benzene rings is 1. The van der Waals surface area contributed by atoms with Gasteiger partial charge in [0.15, 0.2) is 9.84 Å². The van der Waals surface area contributed by atoms with Crippen LogP contribution in [-0.4, -0.2) is 49.6 Å². The molecule has 1 N–H and O–H groups in total. The molecule has 2 rings (SSSR count). The molecule has 8 heteroatoms. The van der Waals surface area contributed by atoms with E-state index in [9.17, 15) is 18.0 Å². The van der Waals surface area contributed by atoms with E-state index in [0.717, 1.165) is 6.26 Å². The van der Waals surface area contributed by atoms with E-state index in [0.29, 0.717) is 0 Å². The van der Waals surface area contributed by atoms with Crippen molar-refractivity contribution in [2.45, 2.75) is 4.90 Å². The van der Waals surface area contributed by atoms with Gasteiger partial charge < -0.3 is 10.0 Å². The first-order valence-electron chi connectivity index (χ1n) is 5.72. The SMILES string of the molecule is CS(=O)(=O)c1cc(C(=O)N2CC(C(=O)O)C2)ccc1Cl. The number of likely N-dealkylation sites (tertiary alicyclic amines) is 1. The molecule has 1 saturated heterocycles. The average Bonchev–Trinajstić information content (AvgIpc) is 2.25. The van der Waals surface area contributed by atoms with Gasteiger partial charge in [-0.1, -0.05) is 11.6 Å². The molecule has 1 amide bonds. The predicted octanol–water partition coefficient (Wildman–Crippen LogP) is 0.900. The molecular formula is C12H12ClNO5S. The second-order valence-electron chi connectivity index (χ2n) is 4.66. The minimum atomic E-state index is -3.52. The number of carbonyl (C=O) groups excluding carboxylic acids is 1. The number of hydrogen-bond donors (Lipinski definition) is 1. The van der Waals surface area contributed by atoms with Gasteiger partial charge in [0.05, 0.1) is 15.8 Å². The van der Waals surface area contributed by atoms with Crippen LogP contribution in [0.1, 0.15) is 10.4 Å². The first-order valence-corrected chi connectivity index (χ1v) is 7.99. The largest absolute Gasteiger partial charge is 0.481 e. The highest BCUT2D eigenvalue weighted by Crippen LogP contribution is 2.25. The molecule has 1 heterocycles. The maximum Gasteiger partial charge on any atom is 0.310 e. The Morgan fingerprint density at radius 3 is 2.45 bits per heavy atom. The minimum Gasteiger partial charge on any atom is -0.481 e. The summed E-state index contributed by atoms with van der Waals surface area (Å²) in [5.74, 6) is -1.90. The van der Waals surface area contributed by atoms with Crippen molar-refractivity contribution in [2.75, 3.05) is 19.3 Å². The standard InChI is InChI=1S/C12H12ClNO5S/c1-20(18,19)10-4-7(2-3-9(10)13)11(15)14-5-8(6-14)12(16)17/h2-4,8H,5-6H2,1H3,(H,16,17). The number of halogens is 1. The fraction of sp³-hybridized carbons (Fsp3) is 0.333. The molecule has 1 fully saturated rings. The summed E-state index contributed by atoms with van der Waals surface area (Å²) in [7, 11) is -3.52. The minimum absolute atomic E-state index is 0.0519. The Morgan fingerprint density at radius 2 is 1.95 bits per heavy atom. The van der Waals surface area contributed by atoms with Crippen LogP contribution in [0.3, 0.4) is 0 Å². The normalized spacial score (nSPS) is 15.8. The molecular weight excluding hydrogens is 306 g/mol. The van der Waals surface area contributed by atoms with Gasteiger partial charge >= 0.3 is 5.97 Å². The van der Waals surface area contributed by atoms with Crippen molar-refractivity contribution in [1.29, 1.82) is 0 Å². The number of aliphatic carboxylic acids is 1. The fourth-order valence-electron chi connectivity index (χ4n) is 1.90. The van der Waals surface area contributed by atoms with E-state index in [1.165, 1.54) is 23.1 Å². The van der Waals surface area contributed by atoms with Gasteiger partial charge in [-0.3, -0.25) is 9.59 Å². The summed E-state index contributed by atoms with van der Waals surface area (Å²) in [4.78, 5) is 24.0. The Labute approximate surface area is 120 Å². The average molecular weight is 318 g/mol. The first kappa shape index (κ1) is 14.8. The Bertz CT molecular complexity index is 679. The third-order valence-electron chi connectivity index (χ3n) is 3.10. The molecule has 0 radical (unpaired) electrons. The maximum atomic E-state index is 12.1. The van der Waals surface area contributed by atoms with E-state index in [1.54, 1.807) is 0 Å². The van der Waals surface area contributed by atoms with Crippen LogP contribution in [0.25, 0.3) is 0 Å². The van der Waals surface area contributed by atoms with Gasteiger partial charge in [0, 0.05) is 24.9 Å². The second-order valence-corrected chi connectivity index (χ2v) is 7.05. The number of amides is 1. The van der Waals surface area contributed by atoms with E-state index in [1.807, 2.05) is 0 Å². The summed E-state index contributed by atoms with van der Waals surface area (Å²) in [6.07, 6.45) is 1.01. The van der Waals surface area contributed by atoms with E-state index in [4.69, 9.17) is 16.7 Å². The van der Waals surface area contributed by atoms with Crippen molar-refractivity contribution in [1.82, 2.24) is 4.90 Å². The molecule has 0 aliphatic carbocycles. The van der Waals surface area contributed by atoms with Gasteiger partial charge in [-0.15, -0.1) is 0 Å². The number of carbonyl (C=O) groups is 2. The summed E-state index contributed by atoms with van der Waals surface area (Å²) in [5, 5.41) is 8.81. The van der Waals surface area contributed by atoms with Gasteiger partial charge in [-0.05, 0) is 18.2 Å². The van der Waals surface area contributed by atoms with Crippen LogP contribution in [0.4, 0.5) is 0 Å². The molecule has 0 aromatic heterocycles. The third-order valence-corrected chi connectivity index (χ3v) is 4.67. The predicted molar refractivity (Wildman–Crippen MR) is 71.6 cm³/mol. The molecule has 1 aliphatic heterocycles. The Hall–Kier alpha value is -1.60. The lowest BCUT2D eigenvalue weighted by atomic mass is 9.99. The monoisotopic (exact) mass is 317 g/mol. The van der Waals surface area contributed by atoms with Crippen LogP contribution in [0.5, 0.6) is 0 Å². The number of hydrogen-bond acceptors (Lipinski definition) is 4. The topological polar surface area (TPSA) is 91.8 Å². The number of nitrogens with zero attached hydrogens (tertiary/aromatic N) is 1. The zero-order valence-corrected chi connectivity index (χ0v) is 12.1. The molecule has 1 aromatic carbocycles. The van der Waals surface area contributed by atoms with E-state index >= 15 is 0 Å². The van der Waals surface area contributed by atoms with Crippen molar-refractivity contribution >= 4 is 33.3 Å². The van der Waals surface area contributed by atoms with Crippen molar-refractivity contribution in [3.8, 4) is 0 Å². The number of sulfone groups is 1.